The predicted molar refractivity (Wildman–Crippen MR) is 106 cm³/mol. The molecule has 0 radical (unpaired) electrons. The molecule has 10 nitrogen and oxygen atoms in total. The van der Waals surface area contributed by atoms with Crippen LogP contribution >= 0.6 is 0 Å². The summed E-state index contributed by atoms with van der Waals surface area (Å²) in [5.41, 5.74) is 0. The quantitative estimate of drug-likeness (QED) is 0.548. The maximum atomic E-state index is 12.9. The van der Waals surface area contributed by atoms with E-state index in [9.17, 15) is 25.3 Å². The molecule has 1 unspecified atom stereocenters. The molecule has 0 saturated carbocycles. The topological polar surface area (TPSA) is 127 Å². The Morgan fingerprint density at radius 2 is 1.52 bits per heavy atom. The molecule has 0 bridgehead atoms. The molecule has 3 rings (SSSR count). The van der Waals surface area contributed by atoms with Crippen LogP contribution in [0.15, 0.2) is 23.1 Å². The molecule has 0 aliphatic carbocycles. The van der Waals surface area contributed by atoms with E-state index in [1.807, 2.05) is 0 Å². The van der Waals surface area contributed by atoms with E-state index in [1.165, 1.54) is 41.0 Å². The van der Waals surface area contributed by atoms with E-state index >= 15 is 0 Å². The van der Waals surface area contributed by atoms with Gasteiger partial charge in [0, 0.05) is 32.2 Å². The number of rotatable bonds is 6. The van der Waals surface area contributed by atoms with Gasteiger partial charge in [0.2, 0.25) is 20.0 Å². The zero-order valence-corrected chi connectivity index (χ0v) is 18.6. The molecule has 2 aliphatic rings. The van der Waals surface area contributed by atoms with Crippen molar-refractivity contribution in [3.05, 3.63) is 18.2 Å². The van der Waals surface area contributed by atoms with Crippen molar-refractivity contribution >= 4 is 29.9 Å². The Bertz CT molecular complexity index is 1080. The molecule has 164 valence electrons. The fourth-order valence-corrected chi connectivity index (χ4v) is 9.45. The van der Waals surface area contributed by atoms with Crippen LogP contribution in [0.2, 0.25) is 0 Å². The second-order valence-electron chi connectivity index (χ2n) is 6.89. The lowest BCUT2D eigenvalue weighted by atomic mass is 10.3. The lowest BCUT2D eigenvalue weighted by Crippen LogP contribution is -2.52. The molecule has 2 saturated heterocycles. The van der Waals surface area contributed by atoms with E-state index in [0.717, 1.165) is 0 Å². The van der Waals surface area contributed by atoms with Gasteiger partial charge < -0.3 is 9.47 Å². The number of nitrogens with zero attached hydrogens (tertiary/aromatic N) is 2. The molecule has 0 aromatic heterocycles. The van der Waals surface area contributed by atoms with Gasteiger partial charge in [0.1, 0.15) is 0 Å². The van der Waals surface area contributed by atoms with Gasteiger partial charge in [-0.15, -0.1) is 0 Å². The molecular weight excluding hydrogens is 444 g/mol. The summed E-state index contributed by atoms with van der Waals surface area (Å²) in [4.78, 5) is 0.0216. The first-order valence-electron chi connectivity index (χ1n) is 8.93. The fraction of sp³-hybridized carbons (Fsp3) is 0.625. The Hall–Kier alpha value is -1.41. The minimum Gasteiger partial charge on any atom is -0.493 e. The molecule has 2 fully saturated rings. The van der Waals surface area contributed by atoms with Gasteiger partial charge in [-0.3, -0.25) is 0 Å². The SMILES string of the molecule is COc1ccc(S(=O)(=O)N2CCN(S(=O)(=O)C3CCS(=O)(=O)C3)CC2)cc1OC. The average Bonchev–Trinajstić information content (AvgIpc) is 3.08. The Morgan fingerprint density at radius 3 is 2.03 bits per heavy atom. The second kappa shape index (κ2) is 8.02. The molecule has 13 heteroatoms. The molecule has 1 atom stereocenters. The third kappa shape index (κ3) is 4.38. The Morgan fingerprint density at radius 1 is 0.931 bits per heavy atom. The molecular formula is C16H24N2O8S3. The van der Waals surface area contributed by atoms with Gasteiger partial charge in [0.15, 0.2) is 21.3 Å². The first-order chi connectivity index (χ1) is 13.5. The molecule has 0 spiro atoms. The van der Waals surface area contributed by atoms with Gasteiger partial charge in [0.05, 0.1) is 35.9 Å². The van der Waals surface area contributed by atoms with Crippen LogP contribution in [0.1, 0.15) is 6.42 Å². The summed E-state index contributed by atoms with van der Waals surface area (Å²) in [6, 6.07) is 4.26. The van der Waals surface area contributed by atoms with Crippen molar-refractivity contribution in [2.45, 2.75) is 16.6 Å². The zero-order chi connectivity index (χ0) is 21.4. The number of sulfonamides is 2. The number of sulfone groups is 1. The minimum absolute atomic E-state index is 0.0185. The summed E-state index contributed by atoms with van der Waals surface area (Å²) in [6.07, 6.45) is 0.0782. The molecule has 0 N–H and O–H groups in total. The van der Waals surface area contributed by atoms with Crippen LogP contribution in [0.25, 0.3) is 0 Å². The van der Waals surface area contributed by atoms with Crippen molar-refractivity contribution in [3.8, 4) is 11.5 Å². The van der Waals surface area contributed by atoms with E-state index in [0.29, 0.717) is 5.75 Å². The van der Waals surface area contributed by atoms with Crippen molar-refractivity contribution in [1.82, 2.24) is 8.61 Å². The highest BCUT2D eigenvalue weighted by Crippen LogP contribution is 2.31. The Labute approximate surface area is 171 Å². The first-order valence-corrected chi connectivity index (χ1v) is 13.7. The van der Waals surface area contributed by atoms with Gasteiger partial charge in [-0.2, -0.15) is 8.61 Å². The molecule has 1 aromatic carbocycles. The van der Waals surface area contributed by atoms with E-state index < -0.39 is 35.1 Å². The average molecular weight is 469 g/mol. The van der Waals surface area contributed by atoms with Gasteiger partial charge in [0.25, 0.3) is 0 Å². The van der Waals surface area contributed by atoms with Gasteiger partial charge in [-0.05, 0) is 18.6 Å². The molecule has 2 aliphatic heterocycles. The number of ether oxygens (including phenoxy) is 2. The molecule has 0 amide bonds. The van der Waals surface area contributed by atoms with Crippen molar-refractivity contribution in [3.63, 3.8) is 0 Å². The number of methoxy groups -OCH3 is 2. The number of benzene rings is 1. The van der Waals surface area contributed by atoms with Gasteiger partial charge in [-0.1, -0.05) is 0 Å². The summed E-state index contributed by atoms with van der Waals surface area (Å²) in [5, 5.41) is -0.957. The number of piperazine rings is 1. The third-order valence-corrected chi connectivity index (χ3v) is 11.4. The van der Waals surface area contributed by atoms with Crippen molar-refractivity contribution in [2.75, 3.05) is 51.9 Å². The van der Waals surface area contributed by atoms with Crippen LogP contribution in [-0.4, -0.2) is 91.0 Å². The monoisotopic (exact) mass is 468 g/mol. The highest BCUT2D eigenvalue weighted by Gasteiger charge is 2.42. The third-order valence-electron chi connectivity index (χ3n) is 5.16. The van der Waals surface area contributed by atoms with Crippen LogP contribution in [0.5, 0.6) is 11.5 Å². The fourth-order valence-electron chi connectivity index (χ4n) is 3.50. The maximum Gasteiger partial charge on any atom is 0.243 e. The summed E-state index contributed by atoms with van der Waals surface area (Å²) >= 11 is 0. The predicted octanol–water partition coefficient (Wildman–Crippen LogP) is -0.473. The first kappa shape index (κ1) is 22.3. The smallest absolute Gasteiger partial charge is 0.243 e. The summed E-state index contributed by atoms with van der Waals surface area (Å²) in [5.74, 6) is 0.162. The van der Waals surface area contributed by atoms with E-state index in [1.54, 1.807) is 0 Å². The maximum absolute atomic E-state index is 12.9. The Kier molecular flexibility index (Phi) is 6.16. The van der Waals surface area contributed by atoms with Crippen LogP contribution < -0.4 is 9.47 Å². The summed E-state index contributed by atoms with van der Waals surface area (Å²) in [6.45, 7) is -0.0818. The Balaban J connectivity index is 1.73. The standard InChI is InChI=1S/C16H24N2O8S3/c1-25-15-4-3-13(11-16(15)26-2)28(21,22)17-6-8-18(9-7-17)29(23,24)14-5-10-27(19,20)12-14/h3-4,11,14H,5-10,12H2,1-2H3. The lowest BCUT2D eigenvalue weighted by Gasteiger charge is -2.34. The highest BCUT2D eigenvalue weighted by atomic mass is 32.2. The molecule has 29 heavy (non-hydrogen) atoms. The van der Waals surface area contributed by atoms with Crippen LogP contribution in [0.4, 0.5) is 0 Å². The molecule has 1 aromatic rings. The highest BCUT2D eigenvalue weighted by molar-refractivity contribution is 7.95. The van der Waals surface area contributed by atoms with Gasteiger partial charge in [-0.25, -0.2) is 25.3 Å². The number of hydrogen-bond acceptors (Lipinski definition) is 8. The summed E-state index contributed by atoms with van der Waals surface area (Å²) in [7, 11) is -8.12. The zero-order valence-electron chi connectivity index (χ0n) is 16.1. The normalized spacial score (nSPS) is 23.7. The van der Waals surface area contributed by atoms with Crippen molar-refractivity contribution in [1.29, 1.82) is 0 Å². The second-order valence-corrected chi connectivity index (χ2v) is 13.3. The minimum atomic E-state index is -3.85. The molecule has 2 heterocycles. The van der Waals surface area contributed by atoms with Crippen LogP contribution in [0, 0.1) is 0 Å². The van der Waals surface area contributed by atoms with E-state index in [-0.39, 0.29) is 54.8 Å². The van der Waals surface area contributed by atoms with Crippen LogP contribution in [0.3, 0.4) is 0 Å². The van der Waals surface area contributed by atoms with Gasteiger partial charge >= 0.3 is 0 Å². The largest absolute Gasteiger partial charge is 0.493 e. The van der Waals surface area contributed by atoms with Crippen molar-refractivity contribution in [2.24, 2.45) is 0 Å². The summed E-state index contributed by atoms with van der Waals surface area (Å²) < 4.78 is 87.2. The van der Waals surface area contributed by atoms with Crippen molar-refractivity contribution < 1.29 is 34.7 Å². The van der Waals surface area contributed by atoms with E-state index in [2.05, 4.69) is 0 Å². The number of hydrogen-bond donors (Lipinski definition) is 0. The van der Waals surface area contributed by atoms with Crippen LogP contribution in [-0.2, 0) is 29.9 Å². The van der Waals surface area contributed by atoms with E-state index in [4.69, 9.17) is 9.47 Å². The lowest BCUT2D eigenvalue weighted by molar-refractivity contribution is 0.271.